The van der Waals surface area contributed by atoms with Crippen molar-refractivity contribution in [1.29, 1.82) is 0 Å². The number of sulfonamides is 1. The molecule has 20 heavy (non-hydrogen) atoms. The number of terminal acetylenes is 1. The first-order valence-electron chi connectivity index (χ1n) is 6.16. The Kier molecular flexibility index (Phi) is 5.74. The summed E-state index contributed by atoms with van der Waals surface area (Å²) in [6.45, 7) is 1.91. The molecule has 1 aromatic rings. The zero-order valence-electron chi connectivity index (χ0n) is 11.2. The third kappa shape index (κ3) is 5.03. The standard InChI is InChI=1S/C14H17NO4S/c1-3-6-13(4-2)15-20(18,19)10-11-7-5-8-12(9-11)14(16)17/h2,5,7-9,13,15H,3,6,10H2,1H3,(H,16,17). The molecule has 0 fully saturated rings. The summed E-state index contributed by atoms with van der Waals surface area (Å²) in [5, 5.41) is 8.87. The van der Waals surface area contributed by atoms with Crippen molar-refractivity contribution >= 4 is 16.0 Å². The Balaban J connectivity index is 2.83. The van der Waals surface area contributed by atoms with E-state index >= 15 is 0 Å². The second-order valence-electron chi connectivity index (χ2n) is 4.39. The van der Waals surface area contributed by atoms with Gasteiger partial charge in [-0.05, 0) is 24.1 Å². The van der Waals surface area contributed by atoms with Crippen LogP contribution in [0.1, 0.15) is 35.7 Å². The van der Waals surface area contributed by atoms with E-state index in [4.69, 9.17) is 11.5 Å². The van der Waals surface area contributed by atoms with Crippen molar-refractivity contribution < 1.29 is 18.3 Å². The lowest BCUT2D eigenvalue weighted by molar-refractivity contribution is 0.0696. The zero-order chi connectivity index (χ0) is 15.2. The predicted molar refractivity (Wildman–Crippen MR) is 76.7 cm³/mol. The van der Waals surface area contributed by atoms with Gasteiger partial charge >= 0.3 is 5.97 Å². The van der Waals surface area contributed by atoms with Crippen LogP contribution in [0.2, 0.25) is 0 Å². The number of benzene rings is 1. The Bertz CT molecular complexity index is 616. The second-order valence-corrected chi connectivity index (χ2v) is 6.14. The highest BCUT2D eigenvalue weighted by atomic mass is 32.2. The van der Waals surface area contributed by atoms with Gasteiger partial charge in [0.25, 0.3) is 0 Å². The van der Waals surface area contributed by atoms with Crippen LogP contribution in [0.15, 0.2) is 24.3 Å². The third-order valence-corrected chi connectivity index (χ3v) is 3.99. The van der Waals surface area contributed by atoms with Crippen LogP contribution >= 0.6 is 0 Å². The molecule has 0 saturated heterocycles. The van der Waals surface area contributed by atoms with Gasteiger partial charge in [0, 0.05) is 0 Å². The number of hydrogen-bond donors (Lipinski definition) is 2. The van der Waals surface area contributed by atoms with Crippen molar-refractivity contribution in [2.45, 2.75) is 31.6 Å². The Morgan fingerprint density at radius 1 is 1.50 bits per heavy atom. The van der Waals surface area contributed by atoms with E-state index in [-0.39, 0.29) is 11.3 Å². The van der Waals surface area contributed by atoms with Gasteiger partial charge in [0.05, 0.1) is 17.4 Å². The summed E-state index contributed by atoms with van der Waals surface area (Å²) in [6, 6.07) is 5.29. The summed E-state index contributed by atoms with van der Waals surface area (Å²) in [6.07, 6.45) is 6.60. The molecular formula is C14H17NO4S. The van der Waals surface area contributed by atoms with E-state index in [0.717, 1.165) is 6.42 Å². The molecule has 1 unspecified atom stereocenters. The molecule has 0 amide bonds. The van der Waals surface area contributed by atoms with Gasteiger partial charge in [-0.25, -0.2) is 17.9 Å². The minimum Gasteiger partial charge on any atom is -0.478 e. The van der Waals surface area contributed by atoms with Gasteiger partial charge < -0.3 is 5.11 Å². The van der Waals surface area contributed by atoms with Gasteiger partial charge in [0.1, 0.15) is 0 Å². The molecule has 2 N–H and O–H groups in total. The van der Waals surface area contributed by atoms with Crippen molar-refractivity contribution in [2.24, 2.45) is 0 Å². The van der Waals surface area contributed by atoms with Crippen LogP contribution in [0.5, 0.6) is 0 Å². The topological polar surface area (TPSA) is 83.5 Å². The molecule has 6 heteroatoms. The number of rotatable bonds is 7. The maximum absolute atomic E-state index is 12.0. The molecule has 1 atom stereocenters. The fourth-order valence-corrected chi connectivity index (χ4v) is 3.06. The summed E-state index contributed by atoms with van der Waals surface area (Å²) >= 11 is 0. The molecule has 1 rings (SSSR count). The van der Waals surface area contributed by atoms with E-state index in [1.165, 1.54) is 18.2 Å². The van der Waals surface area contributed by atoms with Crippen molar-refractivity contribution in [2.75, 3.05) is 0 Å². The molecule has 5 nitrogen and oxygen atoms in total. The molecule has 0 aliphatic heterocycles. The summed E-state index contributed by atoms with van der Waals surface area (Å²) in [5.74, 6) is 1.00. The van der Waals surface area contributed by atoms with E-state index in [2.05, 4.69) is 10.6 Å². The summed E-state index contributed by atoms with van der Waals surface area (Å²) in [7, 11) is -3.60. The molecule has 0 radical (unpaired) electrons. The van der Waals surface area contributed by atoms with Crippen LogP contribution < -0.4 is 4.72 Å². The third-order valence-electron chi connectivity index (χ3n) is 2.63. The average molecular weight is 295 g/mol. The average Bonchev–Trinajstić information content (AvgIpc) is 2.37. The van der Waals surface area contributed by atoms with Crippen molar-refractivity contribution in [3.8, 4) is 12.3 Å². The summed E-state index contributed by atoms with van der Waals surface area (Å²) in [5.41, 5.74) is 0.462. The quantitative estimate of drug-likeness (QED) is 0.749. The number of carboxylic acid groups (broad SMARTS) is 1. The first-order valence-corrected chi connectivity index (χ1v) is 7.81. The van der Waals surface area contributed by atoms with Gasteiger partial charge in [-0.3, -0.25) is 0 Å². The van der Waals surface area contributed by atoms with Crippen LogP contribution in [-0.4, -0.2) is 25.5 Å². The van der Waals surface area contributed by atoms with Crippen LogP contribution in [0, 0.1) is 12.3 Å². The number of hydrogen-bond acceptors (Lipinski definition) is 3. The molecule has 0 spiro atoms. The predicted octanol–water partition coefficient (Wildman–Crippen LogP) is 1.61. The van der Waals surface area contributed by atoms with Gasteiger partial charge in [-0.1, -0.05) is 31.4 Å². The van der Waals surface area contributed by atoms with Crippen molar-refractivity contribution in [3.63, 3.8) is 0 Å². The first-order chi connectivity index (χ1) is 9.38. The van der Waals surface area contributed by atoms with Gasteiger partial charge in [-0.15, -0.1) is 6.42 Å². The molecule has 1 aromatic carbocycles. The Labute approximate surface area is 119 Å². The Morgan fingerprint density at radius 2 is 2.20 bits per heavy atom. The normalized spacial score (nSPS) is 12.6. The highest BCUT2D eigenvalue weighted by Gasteiger charge is 2.17. The highest BCUT2D eigenvalue weighted by molar-refractivity contribution is 7.88. The second kappa shape index (κ2) is 7.08. The molecule has 0 heterocycles. The minimum atomic E-state index is -3.60. The summed E-state index contributed by atoms with van der Waals surface area (Å²) in [4.78, 5) is 10.8. The Hall–Kier alpha value is -1.84. The number of aromatic carboxylic acids is 1. The lowest BCUT2D eigenvalue weighted by Crippen LogP contribution is -2.34. The SMILES string of the molecule is C#CC(CCC)NS(=O)(=O)Cc1cccc(C(=O)O)c1. The number of carbonyl (C=O) groups is 1. The molecule has 0 saturated carbocycles. The molecule has 0 bridgehead atoms. The first kappa shape index (κ1) is 16.2. The van der Waals surface area contributed by atoms with Crippen LogP contribution in [0.4, 0.5) is 0 Å². The molecule has 108 valence electrons. The summed E-state index contributed by atoms with van der Waals surface area (Å²) < 4.78 is 26.4. The number of nitrogens with one attached hydrogen (secondary N) is 1. The fraction of sp³-hybridized carbons (Fsp3) is 0.357. The van der Waals surface area contributed by atoms with Gasteiger partial charge in [0.2, 0.25) is 10.0 Å². The smallest absolute Gasteiger partial charge is 0.335 e. The molecule has 0 aliphatic rings. The zero-order valence-corrected chi connectivity index (χ0v) is 12.0. The van der Waals surface area contributed by atoms with Crippen LogP contribution in [0.3, 0.4) is 0 Å². The van der Waals surface area contributed by atoms with E-state index in [1.807, 2.05) is 6.92 Å². The van der Waals surface area contributed by atoms with E-state index < -0.39 is 22.0 Å². The Morgan fingerprint density at radius 3 is 2.75 bits per heavy atom. The lowest BCUT2D eigenvalue weighted by atomic mass is 10.1. The minimum absolute atomic E-state index is 0.0553. The van der Waals surface area contributed by atoms with Gasteiger partial charge in [0.15, 0.2) is 0 Å². The van der Waals surface area contributed by atoms with E-state index in [0.29, 0.717) is 12.0 Å². The maximum Gasteiger partial charge on any atom is 0.335 e. The van der Waals surface area contributed by atoms with E-state index in [1.54, 1.807) is 6.07 Å². The van der Waals surface area contributed by atoms with Crippen molar-refractivity contribution in [3.05, 3.63) is 35.4 Å². The largest absolute Gasteiger partial charge is 0.478 e. The molecule has 0 aliphatic carbocycles. The number of carboxylic acids is 1. The lowest BCUT2D eigenvalue weighted by Gasteiger charge is -2.12. The monoisotopic (exact) mass is 295 g/mol. The van der Waals surface area contributed by atoms with Gasteiger partial charge in [-0.2, -0.15) is 0 Å². The molecular weight excluding hydrogens is 278 g/mol. The van der Waals surface area contributed by atoms with E-state index in [9.17, 15) is 13.2 Å². The highest BCUT2D eigenvalue weighted by Crippen LogP contribution is 2.10. The fourth-order valence-electron chi connectivity index (χ4n) is 1.74. The van der Waals surface area contributed by atoms with Crippen LogP contribution in [0.25, 0.3) is 0 Å². The van der Waals surface area contributed by atoms with Crippen LogP contribution in [-0.2, 0) is 15.8 Å². The maximum atomic E-state index is 12.0. The van der Waals surface area contributed by atoms with Crippen molar-refractivity contribution in [1.82, 2.24) is 4.72 Å². The molecule has 0 aromatic heterocycles.